The number of anilines is 1. The lowest BCUT2D eigenvalue weighted by molar-refractivity contribution is -0.144. The number of para-hydroxylation sites is 1. The molecule has 0 spiro atoms. The van der Waals surface area contributed by atoms with Gasteiger partial charge >= 0.3 is 13.6 Å². The van der Waals surface area contributed by atoms with E-state index in [-0.39, 0.29) is 25.9 Å². The Balaban J connectivity index is 1.51. The summed E-state index contributed by atoms with van der Waals surface area (Å²) in [6.45, 7) is 1.50. The molecule has 2 aromatic rings. The minimum atomic E-state index is -3.97. The molecule has 10 heteroatoms. The van der Waals surface area contributed by atoms with Gasteiger partial charge in [-0.15, -0.1) is 0 Å². The van der Waals surface area contributed by atoms with Gasteiger partial charge in [-0.1, -0.05) is 61.4 Å². The number of hydrogen-bond acceptors (Lipinski definition) is 6. The third-order valence-corrected chi connectivity index (χ3v) is 8.93. The van der Waals surface area contributed by atoms with Crippen LogP contribution in [0.4, 0.5) is 5.69 Å². The number of nitrogens with zero attached hydrogens (tertiary/aromatic N) is 1. The van der Waals surface area contributed by atoms with Crippen molar-refractivity contribution in [1.82, 2.24) is 5.32 Å². The quantitative estimate of drug-likeness (QED) is 0.344. The third-order valence-electron chi connectivity index (χ3n) is 7.26. The molecule has 1 saturated carbocycles. The molecule has 1 aliphatic carbocycles. The van der Waals surface area contributed by atoms with Crippen LogP contribution >= 0.6 is 7.60 Å². The van der Waals surface area contributed by atoms with Crippen molar-refractivity contribution < 1.29 is 33.1 Å². The first-order chi connectivity index (χ1) is 18.2. The van der Waals surface area contributed by atoms with E-state index in [1.165, 1.54) is 4.90 Å². The first kappa shape index (κ1) is 28.0. The predicted octanol–water partition coefficient (Wildman–Crippen LogP) is 3.98. The fraction of sp³-hybridized carbons (Fsp3) is 0.464. The zero-order chi connectivity index (χ0) is 27.2. The summed E-state index contributed by atoms with van der Waals surface area (Å²) < 4.78 is 23.1. The molecule has 0 aromatic heterocycles. The maximum Gasteiger partial charge on any atom is 0.329 e. The number of fused-ring (bicyclic) bond motifs is 1. The van der Waals surface area contributed by atoms with Crippen molar-refractivity contribution >= 4 is 31.1 Å². The monoisotopic (exact) mass is 542 g/mol. The van der Waals surface area contributed by atoms with Gasteiger partial charge in [0, 0.05) is 5.69 Å². The highest BCUT2D eigenvalue weighted by Crippen LogP contribution is 2.53. The van der Waals surface area contributed by atoms with Crippen LogP contribution in [-0.4, -0.2) is 48.0 Å². The molecule has 0 radical (unpaired) electrons. The Labute approximate surface area is 223 Å². The topological polar surface area (TPSA) is 122 Å². The number of amides is 2. The second kappa shape index (κ2) is 12.2. The molecule has 9 nitrogen and oxygen atoms in total. The van der Waals surface area contributed by atoms with Crippen LogP contribution < -0.4 is 10.2 Å². The van der Waals surface area contributed by atoms with Gasteiger partial charge < -0.3 is 19.5 Å². The van der Waals surface area contributed by atoms with E-state index in [4.69, 9.17) is 9.26 Å². The SMILES string of the molecule is CCOP(=O)(O)CC1(C(=O)N[C@H]2CCc3ccccc3N(CC(=O)OCc3ccccc3)C2=O)CCCC1. The second-order valence-electron chi connectivity index (χ2n) is 9.96. The van der Waals surface area contributed by atoms with Gasteiger partial charge in [0.05, 0.1) is 18.2 Å². The van der Waals surface area contributed by atoms with Crippen LogP contribution in [0.5, 0.6) is 0 Å². The molecule has 2 amide bonds. The number of rotatable bonds is 10. The summed E-state index contributed by atoms with van der Waals surface area (Å²) in [7, 11) is -3.97. The summed E-state index contributed by atoms with van der Waals surface area (Å²) in [5.74, 6) is -1.39. The molecule has 2 N–H and O–H groups in total. The smallest absolute Gasteiger partial charge is 0.329 e. The number of benzene rings is 2. The Morgan fingerprint density at radius 3 is 2.50 bits per heavy atom. The highest BCUT2D eigenvalue weighted by molar-refractivity contribution is 7.52. The Morgan fingerprint density at radius 1 is 1.11 bits per heavy atom. The summed E-state index contributed by atoms with van der Waals surface area (Å²) in [4.78, 5) is 51.8. The molecular weight excluding hydrogens is 507 g/mol. The Morgan fingerprint density at radius 2 is 1.79 bits per heavy atom. The van der Waals surface area contributed by atoms with Gasteiger partial charge in [0.25, 0.3) is 0 Å². The fourth-order valence-corrected chi connectivity index (χ4v) is 7.09. The molecule has 1 fully saturated rings. The molecule has 2 atom stereocenters. The van der Waals surface area contributed by atoms with Gasteiger partial charge in [-0.2, -0.15) is 0 Å². The van der Waals surface area contributed by atoms with E-state index in [1.54, 1.807) is 19.1 Å². The van der Waals surface area contributed by atoms with Crippen LogP contribution in [0.15, 0.2) is 54.6 Å². The Kier molecular flexibility index (Phi) is 9.03. The number of carbonyl (C=O) groups is 3. The highest BCUT2D eigenvalue weighted by atomic mass is 31.2. The second-order valence-corrected chi connectivity index (χ2v) is 11.8. The lowest BCUT2D eigenvalue weighted by Gasteiger charge is -2.32. The van der Waals surface area contributed by atoms with Crippen molar-refractivity contribution in [2.75, 3.05) is 24.2 Å². The zero-order valence-electron chi connectivity index (χ0n) is 21.6. The van der Waals surface area contributed by atoms with Gasteiger partial charge in [0.15, 0.2) is 0 Å². The predicted molar refractivity (Wildman–Crippen MR) is 143 cm³/mol. The van der Waals surface area contributed by atoms with Crippen LogP contribution in [0.1, 0.15) is 50.2 Å². The summed E-state index contributed by atoms with van der Waals surface area (Å²) in [6.07, 6.45) is 2.99. The largest absolute Gasteiger partial charge is 0.459 e. The van der Waals surface area contributed by atoms with Crippen molar-refractivity contribution in [1.29, 1.82) is 0 Å². The fourth-order valence-electron chi connectivity index (χ4n) is 5.38. The summed E-state index contributed by atoms with van der Waals surface area (Å²) in [6, 6.07) is 15.7. The van der Waals surface area contributed by atoms with Gasteiger partial charge in [0.1, 0.15) is 19.2 Å². The third kappa shape index (κ3) is 6.70. The van der Waals surface area contributed by atoms with E-state index < -0.39 is 36.8 Å². The van der Waals surface area contributed by atoms with Crippen LogP contribution in [0.25, 0.3) is 0 Å². The van der Waals surface area contributed by atoms with Gasteiger partial charge in [-0.25, -0.2) is 0 Å². The molecule has 1 aliphatic heterocycles. The normalized spacial score (nSPS) is 20.2. The molecule has 38 heavy (non-hydrogen) atoms. The lowest BCUT2D eigenvalue weighted by Crippen LogP contribution is -2.53. The molecule has 2 aliphatic rings. The highest BCUT2D eigenvalue weighted by Gasteiger charge is 2.47. The lowest BCUT2D eigenvalue weighted by atomic mass is 9.87. The maximum atomic E-state index is 13.7. The van der Waals surface area contributed by atoms with Crippen molar-refractivity contribution in [2.24, 2.45) is 5.41 Å². The number of carbonyl (C=O) groups excluding carboxylic acids is 3. The average Bonchev–Trinajstić information content (AvgIpc) is 3.33. The van der Waals surface area contributed by atoms with E-state index in [1.807, 2.05) is 42.5 Å². The standard InChI is InChI=1S/C28H35N2O7P/c1-2-37-38(34,35)20-28(16-8-9-17-28)27(33)29-23-15-14-22-12-6-7-13-24(22)30(26(23)32)18-25(31)36-19-21-10-4-3-5-11-21/h3-7,10-13,23H,2,8-9,14-20H2,1H3,(H,29,33)(H,34,35)/t23-/m0/s1. The number of hydrogen-bond donors (Lipinski definition) is 2. The van der Waals surface area contributed by atoms with Crippen molar-refractivity contribution in [2.45, 2.75) is 58.1 Å². The van der Waals surface area contributed by atoms with Gasteiger partial charge in [0.2, 0.25) is 11.8 Å². The molecule has 2 aromatic carbocycles. The van der Waals surface area contributed by atoms with Crippen LogP contribution in [0.3, 0.4) is 0 Å². The first-order valence-electron chi connectivity index (χ1n) is 13.1. The van der Waals surface area contributed by atoms with Crippen LogP contribution in [0, 0.1) is 5.41 Å². The van der Waals surface area contributed by atoms with Crippen molar-refractivity contribution in [3.63, 3.8) is 0 Å². The van der Waals surface area contributed by atoms with Crippen molar-refractivity contribution in [3.05, 3.63) is 65.7 Å². The number of aryl methyl sites for hydroxylation is 1. The Bertz CT molecular complexity index is 1200. The molecule has 1 unspecified atom stereocenters. The van der Waals surface area contributed by atoms with Gasteiger partial charge in [-0.3, -0.25) is 23.8 Å². The molecular formula is C28H35N2O7P. The van der Waals surface area contributed by atoms with Crippen LogP contribution in [-0.2, 0) is 41.2 Å². The molecule has 0 bridgehead atoms. The molecule has 4 rings (SSSR count). The first-order valence-corrected chi connectivity index (χ1v) is 14.9. The Hall–Kier alpha value is -3.00. The summed E-state index contributed by atoms with van der Waals surface area (Å²) in [5, 5.41) is 2.88. The van der Waals surface area contributed by atoms with E-state index >= 15 is 0 Å². The van der Waals surface area contributed by atoms with Crippen molar-refractivity contribution in [3.8, 4) is 0 Å². The maximum absolute atomic E-state index is 13.7. The summed E-state index contributed by atoms with van der Waals surface area (Å²) >= 11 is 0. The molecule has 0 saturated heterocycles. The average molecular weight is 543 g/mol. The number of esters is 1. The zero-order valence-corrected chi connectivity index (χ0v) is 22.5. The number of ether oxygens (including phenoxy) is 1. The minimum Gasteiger partial charge on any atom is -0.459 e. The number of nitrogens with one attached hydrogen (secondary N) is 1. The van der Waals surface area contributed by atoms with Crippen LogP contribution in [0.2, 0.25) is 0 Å². The van der Waals surface area contributed by atoms with E-state index in [2.05, 4.69) is 5.32 Å². The molecule has 1 heterocycles. The van der Waals surface area contributed by atoms with E-state index in [0.29, 0.717) is 31.4 Å². The minimum absolute atomic E-state index is 0.0696. The molecule has 204 valence electrons. The van der Waals surface area contributed by atoms with E-state index in [9.17, 15) is 23.8 Å². The summed E-state index contributed by atoms with van der Waals surface area (Å²) in [5.41, 5.74) is 1.26. The van der Waals surface area contributed by atoms with Gasteiger partial charge in [-0.05, 0) is 49.8 Å². The van der Waals surface area contributed by atoms with E-state index in [0.717, 1.165) is 24.0 Å².